The van der Waals surface area contributed by atoms with Gasteiger partial charge in [0.25, 0.3) is 5.56 Å². The fourth-order valence-electron chi connectivity index (χ4n) is 5.71. The minimum atomic E-state index is -4.72. The normalized spacial score (nSPS) is 21.3. The summed E-state index contributed by atoms with van der Waals surface area (Å²) in [4.78, 5) is 22.1. The van der Waals surface area contributed by atoms with Crippen molar-refractivity contribution in [3.63, 3.8) is 0 Å². The van der Waals surface area contributed by atoms with Gasteiger partial charge in [0.2, 0.25) is 0 Å². The molecule has 38 heavy (non-hydrogen) atoms. The highest BCUT2D eigenvalue weighted by atomic mass is 19.4. The number of fused-ring (bicyclic) bond motifs is 1. The van der Waals surface area contributed by atoms with E-state index < -0.39 is 6.36 Å². The third kappa shape index (κ3) is 5.07. The summed E-state index contributed by atoms with van der Waals surface area (Å²) in [6.45, 7) is 5.62. The number of anilines is 1. The first-order valence-corrected chi connectivity index (χ1v) is 12.9. The van der Waals surface area contributed by atoms with Crippen molar-refractivity contribution in [3.05, 3.63) is 64.1 Å². The van der Waals surface area contributed by atoms with Crippen LogP contribution in [0, 0.1) is 17.2 Å². The van der Waals surface area contributed by atoms with E-state index in [4.69, 9.17) is 0 Å². The molecule has 2 fully saturated rings. The Morgan fingerprint density at radius 2 is 1.87 bits per heavy atom. The lowest BCUT2D eigenvalue weighted by Gasteiger charge is -2.49. The van der Waals surface area contributed by atoms with Crippen LogP contribution >= 0.6 is 0 Å². The number of pyridine rings is 2. The summed E-state index contributed by atoms with van der Waals surface area (Å²) in [6.07, 6.45) is -1.70. The molecule has 1 unspecified atom stereocenters. The van der Waals surface area contributed by atoms with E-state index in [9.17, 15) is 23.2 Å². The Balaban J connectivity index is 1.47. The van der Waals surface area contributed by atoms with Gasteiger partial charge >= 0.3 is 6.36 Å². The van der Waals surface area contributed by atoms with Gasteiger partial charge in [-0.15, -0.1) is 13.2 Å². The molecular formula is C28H30F3N5O2. The smallest absolute Gasteiger partial charge is 0.406 e. The number of alkyl halides is 3. The van der Waals surface area contributed by atoms with E-state index in [1.54, 1.807) is 41.9 Å². The summed E-state index contributed by atoms with van der Waals surface area (Å²) in [5, 5.41) is 9.42. The highest BCUT2D eigenvalue weighted by Gasteiger charge is 2.43. The van der Waals surface area contributed by atoms with Gasteiger partial charge in [-0.1, -0.05) is 19.1 Å². The number of piperazine rings is 1. The molecule has 10 heteroatoms. The first-order valence-electron chi connectivity index (χ1n) is 12.9. The standard InChI is InChI=1S/C28H30F3N5O2/c1-4-21-16-35(24-13-25(37)34(3)23-12-9-20(14-32)33-26(23)24)17(2)15-36(21)27(18-5-6-18)19-7-10-22(11-8-19)38-28(29,30)31/h7-13,17-18,21,27H,4-6,15-16H2,1-3H3/t17-,21+,27?/m0/s1. The molecule has 0 spiro atoms. The number of hydrogen-bond acceptors (Lipinski definition) is 6. The number of rotatable bonds is 6. The van der Waals surface area contributed by atoms with Crippen LogP contribution in [0.3, 0.4) is 0 Å². The zero-order chi connectivity index (χ0) is 27.2. The summed E-state index contributed by atoms with van der Waals surface area (Å²) < 4.78 is 43.6. The molecule has 2 aliphatic rings. The van der Waals surface area contributed by atoms with E-state index in [0.717, 1.165) is 37.1 Å². The van der Waals surface area contributed by atoms with Gasteiger partial charge < -0.3 is 14.2 Å². The third-order valence-corrected chi connectivity index (χ3v) is 7.73. The molecule has 3 aromatic rings. The van der Waals surface area contributed by atoms with Gasteiger partial charge in [0.1, 0.15) is 23.0 Å². The maximum absolute atomic E-state index is 12.8. The molecule has 1 saturated heterocycles. The maximum Gasteiger partial charge on any atom is 0.573 e. The van der Waals surface area contributed by atoms with Crippen LogP contribution < -0.4 is 15.2 Å². The first-order chi connectivity index (χ1) is 18.1. The van der Waals surface area contributed by atoms with Gasteiger partial charge in [0, 0.05) is 44.3 Å². The van der Waals surface area contributed by atoms with Gasteiger partial charge in [-0.05, 0) is 61.9 Å². The highest BCUT2D eigenvalue weighted by Crippen LogP contribution is 2.47. The van der Waals surface area contributed by atoms with Crippen molar-refractivity contribution >= 4 is 16.7 Å². The number of hydrogen-bond donors (Lipinski definition) is 0. The van der Waals surface area contributed by atoms with Crippen molar-refractivity contribution in [3.8, 4) is 11.8 Å². The lowest BCUT2D eigenvalue weighted by Crippen LogP contribution is -2.58. The Morgan fingerprint density at radius 3 is 2.47 bits per heavy atom. The number of aryl methyl sites for hydroxylation is 1. The predicted molar refractivity (Wildman–Crippen MR) is 138 cm³/mol. The molecule has 0 amide bonds. The lowest BCUT2D eigenvalue weighted by atomic mass is 9.94. The number of halogens is 3. The van der Waals surface area contributed by atoms with Gasteiger partial charge in [0.15, 0.2) is 0 Å². The molecule has 3 heterocycles. The van der Waals surface area contributed by atoms with Crippen molar-refractivity contribution in [1.82, 2.24) is 14.5 Å². The molecule has 1 aromatic carbocycles. The molecule has 1 aliphatic heterocycles. The highest BCUT2D eigenvalue weighted by molar-refractivity contribution is 5.89. The zero-order valence-corrected chi connectivity index (χ0v) is 21.6. The molecule has 1 aliphatic carbocycles. The van der Waals surface area contributed by atoms with E-state index in [2.05, 4.69) is 39.4 Å². The summed E-state index contributed by atoms with van der Waals surface area (Å²) in [5.41, 5.74) is 3.16. The quantitative estimate of drug-likeness (QED) is 0.444. The van der Waals surface area contributed by atoms with Crippen molar-refractivity contribution in [2.75, 3.05) is 18.0 Å². The second-order valence-corrected chi connectivity index (χ2v) is 10.3. The molecular weight excluding hydrogens is 495 g/mol. The number of benzene rings is 1. The average molecular weight is 526 g/mol. The molecule has 0 N–H and O–H groups in total. The van der Waals surface area contributed by atoms with E-state index in [0.29, 0.717) is 29.2 Å². The molecule has 5 rings (SSSR count). The second-order valence-electron chi connectivity index (χ2n) is 10.3. The van der Waals surface area contributed by atoms with Crippen LogP contribution in [0.4, 0.5) is 18.9 Å². The number of ether oxygens (including phenoxy) is 1. The third-order valence-electron chi connectivity index (χ3n) is 7.73. The second kappa shape index (κ2) is 9.95. The summed E-state index contributed by atoms with van der Waals surface area (Å²) in [6, 6.07) is 13.6. The Kier molecular flexibility index (Phi) is 6.82. The Bertz CT molecular complexity index is 1430. The first kappa shape index (κ1) is 26.0. The minimum absolute atomic E-state index is 0.0368. The fourth-order valence-corrected chi connectivity index (χ4v) is 5.71. The lowest BCUT2D eigenvalue weighted by molar-refractivity contribution is -0.274. The molecule has 7 nitrogen and oxygen atoms in total. The van der Waals surface area contributed by atoms with Crippen molar-refractivity contribution in [1.29, 1.82) is 5.26 Å². The number of nitrogens with zero attached hydrogens (tertiary/aromatic N) is 5. The van der Waals surface area contributed by atoms with E-state index >= 15 is 0 Å². The molecule has 2 aromatic heterocycles. The van der Waals surface area contributed by atoms with E-state index in [1.807, 2.05) is 0 Å². The molecule has 1 saturated carbocycles. The van der Waals surface area contributed by atoms with Gasteiger partial charge in [-0.3, -0.25) is 9.69 Å². The zero-order valence-electron chi connectivity index (χ0n) is 21.6. The van der Waals surface area contributed by atoms with Crippen molar-refractivity contribution < 1.29 is 17.9 Å². The van der Waals surface area contributed by atoms with E-state index in [-0.39, 0.29) is 29.4 Å². The van der Waals surface area contributed by atoms with Crippen LogP contribution in [0.15, 0.2) is 47.3 Å². The summed E-state index contributed by atoms with van der Waals surface area (Å²) in [5.74, 6) is 0.227. The Morgan fingerprint density at radius 1 is 1.16 bits per heavy atom. The minimum Gasteiger partial charge on any atom is -0.406 e. The largest absolute Gasteiger partial charge is 0.573 e. The summed E-state index contributed by atoms with van der Waals surface area (Å²) in [7, 11) is 1.70. The van der Waals surface area contributed by atoms with Crippen LogP contribution in [0.25, 0.3) is 11.0 Å². The van der Waals surface area contributed by atoms with Crippen molar-refractivity contribution in [2.45, 2.75) is 57.6 Å². The Hall–Kier alpha value is -3.58. The van der Waals surface area contributed by atoms with Crippen molar-refractivity contribution in [2.24, 2.45) is 13.0 Å². The maximum atomic E-state index is 12.8. The van der Waals surface area contributed by atoms with Crippen LogP contribution in [0.2, 0.25) is 0 Å². The molecule has 200 valence electrons. The molecule has 0 bridgehead atoms. The SMILES string of the molecule is CC[C@@H]1CN(c2cc(=O)n(C)c3ccc(C#N)nc23)[C@@H](C)CN1C(c1ccc(OC(F)(F)F)cc1)C1CC1. The van der Waals surface area contributed by atoms with Crippen LogP contribution in [0.1, 0.15) is 50.4 Å². The Labute approximate surface area is 219 Å². The van der Waals surface area contributed by atoms with Gasteiger partial charge in [-0.25, -0.2) is 4.98 Å². The number of aromatic nitrogens is 2. The topological polar surface area (TPSA) is 74.4 Å². The molecule has 0 radical (unpaired) electrons. The van der Waals surface area contributed by atoms with Gasteiger partial charge in [0.05, 0.1) is 11.2 Å². The summed E-state index contributed by atoms with van der Waals surface area (Å²) >= 11 is 0. The fraction of sp³-hybridized carbons (Fsp3) is 0.464. The van der Waals surface area contributed by atoms with E-state index in [1.165, 1.54) is 12.1 Å². The number of nitriles is 1. The molecule has 3 atom stereocenters. The monoisotopic (exact) mass is 525 g/mol. The average Bonchev–Trinajstić information content (AvgIpc) is 3.72. The van der Waals surface area contributed by atoms with Crippen LogP contribution in [-0.4, -0.2) is 46.0 Å². The van der Waals surface area contributed by atoms with Crippen LogP contribution in [0.5, 0.6) is 5.75 Å². The van der Waals surface area contributed by atoms with Gasteiger partial charge in [-0.2, -0.15) is 5.26 Å². The predicted octanol–water partition coefficient (Wildman–Crippen LogP) is 5.14. The van der Waals surface area contributed by atoms with Crippen LogP contribution in [-0.2, 0) is 7.05 Å².